The molecule has 0 fully saturated rings. The van der Waals surface area contributed by atoms with Gasteiger partial charge < -0.3 is 15.2 Å². The molecule has 2 rings (SSSR count). The van der Waals surface area contributed by atoms with Crippen LogP contribution in [0.1, 0.15) is 5.56 Å². The van der Waals surface area contributed by atoms with Crippen molar-refractivity contribution in [3.05, 3.63) is 60.2 Å². The van der Waals surface area contributed by atoms with E-state index >= 15 is 0 Å². The van der Waals surface area contributed by atoms with Gasteiger partial charge in [0.2, 0.25) is 0 Å². The number of aliphatic carboxylic acids is 1. The van der Waals surface area contributed by atoms with Gasteiger partial charge in [-0.25, -0.2) is 4.79 Å². The predicted molar refractivity (Wildman–Crippen MR) is 78.2 cm³/mol. The van der Waals surface area contributed by atoms with E-state index in [1.165, 1.54) is 0 Å². The Morgan fingerprint density at radius 1 is 1.20 bits per heavy atom. The van der Waals surface area contributed by atoms with Crippen molar-refractivity contribution >= 4 is 11.7 Å². The molecule has 4 nitrogen and oxygen atoms in total. The van der Waals surface area contributed by atoms with Gasteiger partial charge in [-0.1, -0.05) is 30.3 Å². The summed E-state index contributed by atoms with van der Waals surface area (Å²) in [6.07, 6.45) is 0.390. The fourth-order valence-corrected chi connectivity index (χ4v) is 1.97. The summed E-state index contributed by atoms with van der Waals surface area (Å²) in [4.78, 5) is 11.4. The summed E-state index contributed by atoms with van der Waals surface area (Å²) in [6, 6.07) is 16.1. The molecular weight excluding hydrogens is 254 g/mol. The second kappa shape index (κ2) is 6.61. The quantitative estimate of drug-likeness (QED) is 0.848. The largest absolute Gasteiger partial charge is 0.497 e. The molecule has 2 aromatic rings. The minimum atomic E-state index is -0.878. The van der Waals surface area contributed by atoms with Crippen LogP contribution in [0.3, 0.4) is 0 Å². The number of anilines is 1. The smallest absolute Gasteiger partial charge is 0.326 e. The maximum atomic E-state index is 11.4. The van der Waals surface area contributed by atoms with Crippen LogP contribution in [0.4, 0.5) is 5.69 Å². The molecule has 4 heteroatoms. The molecular formula is C16H17NO3. The maximum Gasteiger partial charge on any atom is 0.326 e. The fraction of sp³-hybridized carbons (Fsp3) is 0.188. The molecule has 0 aromatic heterocycles. The molecule has 0 unspecified atom stereocenters. The highest BCUT2D eigenvalue weighted by Gasteiger charge is 2.17. The van der Waals surface area contributed by atoms with Gasteiger partial charge in [0.25, 0.3) is 0 Å². The summed E-state index contributed by atoms with van der Waals surface area (Å²) in [5, 5.41) is 12.4. The summed E-state index contributed by atoms with van der Waals surface area (Å²) in [7, 11) is 1.59. The Hall–Kier alpha value is -2.49. The van der Waals surface area contributed by atoms with Crippen molar-refractivity contribution < 1.29 is 14.6 Å². The molecule has 2 N–H and O–H groups in total. The van der Waals surface area contributed by atoms with Crippen LogP contribution in [0.15, 0.2) is 54.6 Å². The Morgan fingerprint density at radius 2 is 1.95 bits per heavy atom. The predicted octanol–water partition coefficient (Wildman–Crippen LogP) is 2.80. The van der Waals surface area contributed by atoms with Gasteiger partial charge in [0, 0.05) is 12.1 Å². The number of carboxylic acid groups (broad SMARTS) is 1. The van der Waals surface area contributed by atoms with Crippen molar-refractivity contribution in [2.75, 3.05) is 12.4 Å². The molecule has 0 aliphatic heterocycles. The number of ether oxygens (including phenoxy) is 1. The van der Waals surface area contributed by atoms with Crippen LogP contribution in [0, 0.1) is 0 Å². The number of carbonyl (C=O) groups is 1. The molecule has 0 saturated carbocycles. The third kappa shape index (κ3) is 3.75. The van der Waals surface area contributed by atoms with Crippen LogP contribution in [-0.2, 0) is 11.2 Å². The van der Waals surface area contributed by atoms with Crippen LogP contribution in [0.5, 0.6) is 5.75 Å². The number of methoxy groups -OCH3 is 1. The normalized spacial score (nSPS) is 11.7. The standard InChI is InChI=1S/C16H17NO3/c1-20-14-9-5-6-12(10-14)11-15(16(18)19)17-13-7-3-2-4-8-13/h2-10,15,17H,11H2,1H3,(H,18,19)/t15-/m0/s1. The van der Waals surface area contributed by atoms with Crippen LogP contribution in [-0.4, -0.2) is 24.2 Å². The lowest BCUT2D eigenvalue weighted by Gasteiger charge is -2.16. The van der Waals surface area contributed by atoms with Crippen molar-refractivity contribution in [1.82, 2.24) is 0 Å². The number of para-hydroxylation sites is 1. The molecule has 20 heavy (non-hydrogen) atoms. The zero-order valence-electron chi connectivity index (χ0n) is 11.2. The van der Waals surface area contributed by atoms with Crippen molar-refractivity contribution in [3.8, 4) is 5.75 Å². The third-order valence-electron chi connectivity index (χ3n) is 2.99. The highest BCUT2D eigenvalue weighted by Crippen LogP contribution is 2.16. The lowest BCUT2D eigenvalue weighted by Crippen LogP contribution is -2.31. The first kappa shape index (κ1) is 13.9. The highest BCUT2D eigenvalue weighted by atomic mass is 16.5. The molecule has 0 bridgehead atoms. The molecule has 0 aliphatic rings. The molecule has 104 valence electrons. The number of carboxylic acids is 1. The lowest BCUT2D eigenvalue weighted by molar-refractivity contribution is -0.137. The van der Waals surface area contributed by atoms with E-state index in [1.54, 1.807) is 7.11 Å². The molecule has 0 heterocycles. The van der Waals surface area contributed by atoms with Gasteiger partial charge in [-0.05, 0) is 29.8 Å². The third-order valence-corrected chi connectivity index (χ3v) is 2.99. The van der Waals surface area contributed by atoms with Crippen LogP contribution in [0.25, 0.3) is 0 Å². The second-order valence-corrected chi connectivity index (χ2v) is 4.46. The summed E-state index contributed by atoms with van der Waals surface area (Å²) in [5.41, 5.74) is 1.71. The molecule has 1 atom stereocenters. The average Bonchev–Trinajstić information content (AvgIpc) is 2.48. The molecule has 0 radical (unpaired) electrons. The summed E-state index contributed by atoms with van der Waals surface area (Å²) >= 11 is 0. The van der Waals surface area contributed by atoms with E-state index < -0.39 is 12.0 Å². The number of nitrogens with one attached hydrogen (secondary N) is 1. The van der Waals surface area contributed by atoms with Gasteiger partial charge in [0.15, 0.2) is 0 Å². The van der Waals surface area contributed by atoms with Crippen LogP contribution >= 0.6 is 0 Å². The Labute approximate surface area is 118 Å². The topological polar surface area (TPSA) is 58.6 Å². The van der Waals surface area contributed by atoms with Gasteiger partial charge >= 0.3 is 5.97 Å². The first-order valence-electron chi connectivity index (χ1n) is 6.36. The zero-order valence-corrected chi connectivity index (χ0v) is 11.2. The number of rotatable bonds is 6. The van der Waals surface area contributed by atoms with E-state index in [0.717, 1.165) is 17.0 Å². The molecule has 0 saturated heterocycles. The summed E-state index contributed by atoms with van der Waals surface area (Å²) in [6.45, 7) is 0. The van der Waals surface area contributed by atoms with E-state index in [9.17, 15) is 9.90 Å². The van der Waals surface area contributed by atoms with Gasteiger partial charge in [0.1, 0.15) is 11.8 Å². The molecule has 2 aromatic carbocycles. The van der Waals surface area contributed by atoms with Gasteiger partial charge in [0.05, 0.1) is 7.11 Å². The van der Waals surface area contributed by atoms with Gasteiger partial charge in [-0.2, -0.15) is 0 Å². The fourth-order valence-electron chi connectivity index (χ4n) is 1.97. The first-order valence-corrected chi connectivity index (χ1v) is 6.36. The summed E-state index contributed by atoms with van der Waals surface area (Å²) in [5.74, 6) is -0.150. The Balaban J connectivity index is 2.11. The highest BCUT2D eigenvalue weighted by molar-refractivity contribution is 5.77. The SMILES string of the molecule is COc1cccc(C[C@H](Nc2ccccc2)C(=O)O)c1. The monoisotopic (exact) mass is 271 g/mol. The average molecular weight is 271 g/mol. The molecule has 0 spiro atoms. The maximum absolute atomic E-state index is 11.4. The van der Waals surface area contributed by atoms with Gasteiger partial charge in [-0.15, -0.1) is 0 Å². The Bertz CT molecular complexity index is 569. The minimum absolute atomic E-state index is 0.390. The Morgan fingerprint density at radius 3 is 2.60 bits per heavy atom. The van der Waals surface area contributed by atoms with Crippen LogP contribution in [0.2, 0.25) is 0 Å². The molecule has 0 amide bonds. The van der Waals surface area contributed by atoms with E-state index in [-0.39, 0.29) is 0 Å². The Kier molecular flexibility index (Phi) is 4.60. The van der Waals surface area contributed by atoms with Crippen molar-refractivity contribution in [2.45, 2.75) is 12.5 Å². The van der Waals surface area contributed by atoms with Crippen LogP contribution < -0.4 is 10.1 Å². The van der Waals surface area contributed by atoms with Crippen molar-refractivity contribution in [3.63, 3.8) is 0 Å². The second-order valence-electron chi connectivity index (χ2n) is 4.46. The zero-order chi connectivity index (χ0) is 14.4. The lowest BCUT2D eigenvalue weighted by atomic mass is 10.1. The van der Waals surface area contributed by atoms with Gasteiger partial charge in [-0.3, -0.25) is 0 Å². The minimum Gasteiger partial charge on any atom is -0.497 e. The van der Waals surface area contributed by atoms with Crippen molar-refractivity contribution in [1.29, 1.82) is 0 Å². The van der Waals surface area contributed by atoms with E-state index in [2.05, 4.69) is 5.32 Å². The number of hydrogen-bond acceptors (Lipinski definition) is 3. The number of hydrogen-bond donors (Lipinski definition) is 2. The molecule has 0 aliphatic carbocycles. The van der Waals surface area contributed by atoms with E-state index in [0.29, 0.717) is 6.42 Å². The summed E-state index contributed by atoms with van der Waals surface area (Å²) < 4.78 is 5.15. The number of benzene rings is 2. The van der Waals surface area contributed by atoms with Crippen molar-refractivity contribution in [2.24, 2.45) is 0 Å². The first-order chi connectivity index (χ1) is 9.69. The van der Waals surface area contributed by atoms with E-state index in [1.807, 2.05) is 54.6 Å². The van der Waals surface area contributed by atoms with E-state index in [4.69, 9.17) is 4.74 Å².